The first kappa shape index (κ1) is 14.8. The summed E-state index contributed by atoms with van der Waals surface area (Å²) >= 11 is 11.7. The molecule has 0 saturated heterocycles. The first-order valence-electron chi connectivity index (χ1n) is 4.93. The smallest absolute Gasteiger partial charge is 0.332 e. The topological polar surface area (TPSA) is 64.6 Å². The molecule has 0 unspecified atom stereocenters. The van der Waals surface area contributed by atoms with Crippen molar-refractivity contribution in [3.63, 3.8) is 0 Å². The van der Waals surface area contributed by atoms with Crippen molar-refractivity contribution in [1.29, 1.82) is 0 Å². The number of ether oxygens (including phenoxy) is 2. The van der Waals surface area contributed by atoms with Gasteiger partial charge in [-0.15, -0.1) is 0 Å². The van der Waals surface area contributed by atoms with Gasteiger partial charge in [-0.3, -0.25) is 4.79 Å². The van der Waals surface area contributed by atoms with Crippen molar-refractivity contribution in [2.75, 3.05) is 25.6 Å². The molecule has 0 spiro atoms. The molecule has 0 aliphatic heterocycles. The number of methoxy groups -OCH3 is 1. The zero-order valence-electron chi connectivity index (χ0n) is 9.54. The minimum Gasteiger partial charge on any atom is -0.454 e. The molecular weight excluding hydrogens is 281 g/mol. The monoisotopic (exact) mass is 291 g/mol. The maximum absolute atomic E-state index is 11.5. The van der Waals surface area contributed by atoms with E-state index in [4.69, 9.17) is 23.2 Å². The van der Waals surface area contributed by atoms with Gasteiger partial charge in [0.1, 0.15) is 6.61 Å². The van der Waals surface area contributed by atoms with Crippen LogP contribution >= 0.6 is 23.2 Å². The highest BCUT2D eigenvalue weighted by molar-refractivity contribution is 6.43. The molecule has 0 bridgehead atoms. The van der Waals surface area contributed by atoms with Crippen LogP contribution < -0.4 is 5.32 Å². The Labute approximate surface area is 114 Å². The predicted octanol–water partition coefficient (Wildman–Crippen LogP) is 2.12. The van der Waals surface area contributed by atoms with Crippen LogP contribution in [0.15, 0.2) is 18.2 Å². The van der Waals surface area contributed by atoms with Crippen molar-refractivity contribution in [3.8, 4) is 0 Å². The summed E-state index contributed by atoms with van der Waals surface area (Å²) < 4.78 is 9.18. The number of amides is 1. The molecule has 0 atom stereocenters. The fourth-order valence-electron chi connectivity index (χ4n) is 1.09. The Morgan fingerprint density at radius 2 is 2.00 bits per heavy atom. The molecule has 0 aromatic heterocycles. The van der Waals surface area contributed by atoms with Gasteiger partial charge >= 0.3 is 5.97 Å². The molecule has 1 amide bonds. The lowest BCUT2D eigenvalue weighted by molar-refractivity contribution is -0.150. The molecule has 18 heavy (non-hydrogen) atoms. The summed E-state index contributed by atoms with van der Waals surface area (Å²) in [5, 5.41) is 3.03. The zero-order chi connectivity index (χ0) is 13.5. The van der Waals surface area contributed by atoms with Gasteiger partial charge in [-0.25, -0.2) is 4.79 Å². The number of hydrogen-bond acceptors (Lipinski definition) is 4. The van der Waals surface area contributed by atoms with Crippen LogP contribution in [0.4, 0.5) is 5.69 Å². The van der Waals surface area contributed by atoms with E-state index in [1.165, 1.54) is 7.11 Å². The van der Waals surface area contributed by atoms with E-state index in [9.17, 15) is 9.59 Å². The standard InChI is InChI=1S/C11H11Cl2NO4/c1-17-6-10(16)18-5-9(15)14-8-4-2-3-7(12)11(8)13/h2-4H,5-6H2,1H3,(H,14,15). The highest BCUT2D eigenvalue weighted by Crippen LogP contribution is 2.29. The SMILES string of the molecule is COCC(=O)OCC(=O)Nc1cccc(Cl)c1Cl. The van der Waals surface area contributed by atoms with Crippen LogP contribution in [0.1, 0.15) is 0 Å². The lowest BCUT2D eigenvalue weighted by Gasteiger charge is -2.08. The van der Waals surface area contributed by atoms with Crippen LogP contribution in [0.2, 0.25) is 10.0 Å². The molecule has 1 rings (SSSR count). The van der Waals surface area contributed by atoms with E-state index >= 15 is 0 Å². The molecule has 7 heteroatoms. The third kappa shape index (κ3) is 4.52. The van der Waals surface area contributed by atoms with Crippen LogP contribution in [0.25, 0.3) is 0 Å². The van der Waals surface area contributed by atoms with Crippen LogP contribution in [-0.2, 0) is 19.1 Å². The molecule has 0 aliphatic rings. The van der Waals surface area contributed by atoms with Crippen molar-refractivity contribution in [2.45, 2.75) is 0 Å². The minimum atomic E-state index is -0.621. The highest BCUT2D eigenvalue weighted by atomic mass is 35.5. The van der Waals surface area contributed by atoms with Crippen LogP contribution in [-0.4, -0.2) is 32.2 Å². The summed E-state index contributed by atoms with van der Waals surface area (Å²) in [7, 11) is 1.35. The van der Waals surface area contributed by atoms with E-state index in [2.05, 4.69) is 14.8 Å². The second-order valence-electron chi connectivity index (χ2n) is 3.24. The number of benzene rings is 1. The summed E-state index contributed by atoms with van der Waals surface area (Å²) in [6, 6.07) is 4.82. The molecule has 0 aliphatic carbocycles. The van der Waals surface area contributed by atoms with Crippen LogP contribution in [0.5, 0.6) is 0 Å². The molecule has 5 nitrogen and oxygen atoms in total. The molecule has 0 fully saturated rings. The largest absolute Gasteiger partial charge is 0.454 e. The molecular formula is C11H11Cl2NO4. The van der Waals surface area contributed by atoms with Gasteiger partial charge in [-0.05, 0) is 12.1 Å². The van der Waals surface area contributed by atoms with Crippen LogP contribution in [0.3, 0.4) is 0 Å². The first-order chi connectivity index (χ1) is 8.54. The van der Waals surface area contributed by atoms with E-state index in [0.29, 0.717) is 10.7 Å². The lowest BCUT2D eigenvalue weighted by Crippen LogP contribution is -2.22. The van der Waals surface area contributed by atoms with Crippen LogP contribution in [0, 0.1) is 0 Å². The first-order valence-corrected chi connectivity index (χ1v) is 5.68. The van der Waals surface area contributed by atoms with Gasteiger partial charge in [0, 0.05) is 7.11 Å². The second-order valence-corrected chi connectivity index (χ2v) is 4.03. The van der Waals surface area contributed by atoms with Gasteiger partial charge in [-0.1, -0.05) is 29.3 Å². The van der Waals surface area contributed by atoms with Crippen molar-refractivity contribution >= 4 is 40.8 Å². The van der Waals surface area contributed by atoms with E-state index in [-0.39, 0.29) is 11.6 Å². The van der Waals surface area contributed by atoms with Gasteiger partial charge in [0.05, 0.1) is 15.7 Å². The number of nitrogens with one attached hydrogen (secondary N) is 1. The Bertz CT molecular complexity index is 451. The molecule has 1 aromatic carbocycles. The van der Waals surface area contributed by atoms with Gasteiger partial charge in [0.15, 0.2) is 6.61 Å². The van der Waals surface area contributed by atoms with Crippen molar-refractivity contribution in [2.24, 2.45) is 0 Å². The van der Waals surface area contributed by atoms with E-state index < -0.39 is 18.5 Å². The summed E-state index contributed by atoms with van der Waals surface area (Å²) in [6.45, 7) is -0.615. The van der Waals surface area contributed by atoms with E-state index in [0.717, 1.165) is 0 Å². The Morgan fingerprint density at radius 1 is 1.28 bits per heavy atom. The third-order valence-corrected chi connectivity index (χ3v) is 2.67. The van der Waals surface area contributed by atoms with Crippen molar-refractivity contribution in [1.82, 2.24) is 0 Å². The number of anilines is 1. The molecule has 1 aromatic rings. The Morgan fingerprint density at radius 3 is 2.67 bits per heavy atom. The van der Waals surface area contributed by atoms with Gasteiger partial charge in [0.2, 0.25) is 0 Å². The average Bonchev–Trinajstić information content (AvgIpc) is 2.33. The average molecular weight is 292 g/mol. The van der Waals surface area contributed by atoms with Gasteiger partial charge in [-0.2, -0.15) is 0 Å². The third-order valence-electron chi connectivity index (χ3n) is 1.85. The van der Waals surface area contributed by atoms with Crippen molar-refractivity contribution < 1.29 is 19.1 Å². The molecule has 0 heterocycles. The molecule has 1 N–H and O–H groups in total. The fraction of sp³-hybridized carbons (Fsp3) is 0.273. The number of esters is 1. The van der Waals surface area contributed by atoms with E-state index in [1.807, 2.05) is 0 Å². The van der Waals surface area contributed by atoms with Gasteiger partial charge < -0.3 is 14.8 Å². The summed E-state index contributed by atoms with van der Waals surface area (Å²) in [4.78, 5) is 22.4. The molecule has 0 radical (unpaired) electrons. The predicted molar refractivity (Wildman–Crippen MR) is 67.9 cm³/mol. The zero-order valence-corrected chi connectivity index (χ0v) is 11.0. The molecule has 98 valence electrons. The lowest BCUT2D eigenvalue weighted by atomic mass is 10.3. The number of rotatable bonds is 5. The second kappa shape index (κ2) is 7.20. The number of halogens is 2. The minimum absolute atomic E-state index is 0.203. The number of hydrogen-bond donors (Lipinski definition) is 1. The Balaban J connectivity index is 2.50. The fourth-order valence-corrected chi connectivity index (χ4v) is 1.44. The maximum Gasteiger partial charge on any atom is 0.332 e. The highest BCUT2D eigenvalue weighted by Gasteiger charge is 2.10. The normalized spacial score (nSPS) is 9.94. The summed E-state index contributed by atoms with van der Waals surface area (Å²) in [6.07, 6.45) is 0. The quantitative estimate of drug-likeness (QED) is 0.844. The van der Waals surface area contributed by atoms with Gasteiger partial charge in [0.25, 0.3) is 5.91 Å². The maximum atomic E-state index is 11.5. The Kier molecular flexibility index (Phi) is 5.91. The molecule has 0 saturated carbocycles. The summed E-state index contributed by atoms with van der Waals surface area (Å²) in [5.74, 6) is -1.13. The number of carbonyl (C=O) groups excluding carboxylic acids is 2. The summed E-state index contributed by atoms with van der Waals surface area (Å²) in [5.41, 5.74) is 0.358. The number of carbonyl (C=O) groups is 2. The van der Waals surface area contributed by atoms with E-state index in [1.54, 1.807) is 18.2 Å². The van der Waals surface area contributed by atoms with Crippen molar-refractivity contribution in [3.05, 3.63) is 28.2 Å². The Hall–Kier alpha value is -1.30.